The molecular formula is C12H24O3. The van der Waals surface area contributed by atoms with Gasteiger partial charge in [0.2, 0.25) is 0 Å². The zero-order valence-electron chi connectivity index (χ0n) is 10.4. The summed E-state index contributed by atoms with van der Waals surface area (Å²) in [5.41, 5.74) is -0.0935. The second-order valence-electron chi connectivity index (χ2n) is 4.84. The molecule has 0 saturated carbocycles. The number of hydrogen-bond donors (Lipinski definition) is 1. The summed E-state index contributed by atoms with van der Waals surface area (Å²) in [7, 11) is 0. The fourth-order valence-electron chi connectivity index (χ4n) is 2.12. The summed E-state index contributed by atoms with van der Waals surface area (Å²) in [6.07, 6.45) is 4.85. The molecule has 3 nitrogen and oxygen atoms in total. The molecule has 0 heterocycles. The first-order valence-corrected chi connectivity index (χ1v) is 5.84. The van der Waals surface area contributed by atoms with E-state index in [4.69, 9.17) is 5.26 Å². The summed E-state index contributed by atoms with van der Waals surface area (Å²) in [6.45, 7) is 8.32. The van der Waals surface area contributed by atoms with E-state index in [0.29, 0.717) is 0 Å². The quantitative estimate of drug-likeness (QED) is 0.522. The van der Waals surface area contributed by atoms with Crippen molar-refractivity contribution in [2.45, 2.75) is 59.8 Å². The molecular weight excluding hydrogens is 192 g/mol. The van der Waals surface area contributed by atoms with Crippen LogP contribution in [0.15, 0.2) is 0 Å². The van der Waals surface area contributed by atoms with Crippen LogP contribution in [-0.2, 0) is 9.68 Å². The minimum atomic E-state index is -0.484. The van der Waals surface area contributed by atoms with E-state index >= 15 is 0 Å². The summed E-state index contributed by atoms with van der Waals surface area (Å²) in [5.74, 6) is -0.677. The van der Waals surface area contributed by atoms with Gasteiger partial charge in [0, 0.05) is 0 Å². The molecule has 0 bridgehead atoms. The highest BCUT2D eigenvalue weighted by molar-refractivity contribution is 5.72. The molecule has 0 saturated heterocycles. The van der Waals surface area contributed by atoms with Crippen LogP contribution in [0.4, 0.5) is 0 Å². The van der Waals surface area contributed by atoms with Gasteiger partial charge in [0.25, 0.3) is 0 Å². The number of carbonyl (C=O) groups excluding carboxylic acids is 1. The molecule has 0 aliphatic heterocycles. The van der Waals surface area contributed by atoms with E-state index in [1.807, 2.05) is 0 Å². The molecule has 0 aromatic carbocycles. The molecule has 0 radical (unpaired) electrons. The predicted molar refractivity (Wildman–Crippen MR) is 60.4 cm³/mol. The van der Waals surface area contributed by atoms with Crippen LogP contribution >= 0.6 is 0 Å². The van der Waals surface area contributed by atoms with Gasteiger partial charge in [0.15, 0.2) is 0 Å². The van der Waals surface area contributed by atoms with Crippen molar-refractivity contribution in [1.82, 2.24) is 0 Å². The summed E-state index contributed by atoms with van der Waals surface area (Å²) >= 11 is 0. The molecule has 0 aliphatic rings. The lowest BCUT2D eigenvalue weighted by Gasteiger charge is -2.31. The van der Waals surface area contributed by atoms with E-state index < -0.39 is 5.97 Å². The topological polar surface area (TPSA) is 46.5 Å². The Bertz CT molecular complexity index is 187. The number of rotatable bonds is 7. The van der Waals surface area contributed by atoms with E-state index in [2.05, 4.69) is 32.6 Å². The van der Waals surface area contributed by atoms with Crippen molar-refractivity contribution in [1.29, 1.82) is 0 Å². The average Bonchev–Trinajstić information content (AvgIpc) is 2.17. The first-order chi connectivity index (χ1) is 6.99. The maximum absolute atomic E-state index is 11.5. The molecule has 1 unspecified atom stereocenters. The Morgan fingerprint density at radius 3 is 2.33 bits per heavy atom. The van der Waals surface area contributed by atoms with Crippen molar-refractivity contribution in [2.75, 3.05) is 0 Å². The minimum Gasteiger partial charge on any atom is -0.301 e. The van der Waals surface area contributed by atoms with Crippen LogP contribution in [0.25, 0.3) is 0 Å². The Hall–Kier alpha value is -0.570. The van der Waals surface area contributed by atoms with Crippen molar-refractivity contribution >= 4 is 5.97 Å². The second-order valence-corrected chi connectivity index (χ2v) is 4.84. The van der Waals surface area contributed by atoms with Gasteiger partial charge in [-0.3, -0.25) is 0 Å². The van der Waals surface area contributed by atoms with Crippen LogP contribution < -0.4 is 0 Å². The van der Waals surface area contributed by atoms with Crippen LogP contribution in [0, 0.1) is 11.3 Å². The molecule has 0 aromatic rings. The largest absolute Gasteiger partial charge is 0.345 e. The number of unbranched alkanes of at least 4 members (excludes halogenated alkanes) is 1. The monoisotopic (exact) mass is 216 g/mol. The molecule has 90 valence electrons. The maximum atomic E-state index is 11.5. The Morgan fingerprint density at radius 1 is 1.33 bits per heavy atom. The minimum absolute atomic E-state index is 0.0935. The average molecular weight is 216 g/mol. The molecule has 0 amide bonds. The van der Waals surface area contributed by atoms with Crippen LogP contribution in [0.2, 0.25) is 0 Å². The molecule has 0 aromatic heterocycles. The van der Waals surface area contributed by atoms with E-state index in [1.165, 1.54) is 0 Å². The first-order valence-electron chi connectivity index (χ1n) is 5.84. The normalized spacial score (nSPS) is 13.7. The van der Waals surface area contributed by atoms with Gasteiger partial charge in [-0.1, -0.05) is 47.0 Å². The third-order valence-corrected chi connectivity index (χ3v) is 3.06. The molecule has 1 atom stereocenters. The van der Waals surface area contributed by atoms with Crippen LogP contribution in [-0.4, -0.2) is 11.2 Å². The van der Waals surface area contributed by atoms with Crippen molar-refractivity contribution < 1.29 is 14.9 Å². The zero-order chi connectivity index (χ0) is 11.9. The standard InChI is InChI=1S/C12H24O3/c1-5-7-8-10(11(13)15-14)12(3,4)9-6-2/h10,14H,5-9H2,1-4H3. The lowest BCUT2D eigenvalue weighted by molar-refractivity contribution is -0.242. The SMILES string of the molecule is CCCCC(C(=O)OO)C(C)(C)CCC. The highest BCUT2D eigenvalue weighted by Gasteiger charge is 2.35. The van der Waals surface area contributed by atoms with Crippen molar-refractivity contribution in [3.05, 3.63) is 0 Å². The molecule has 0 rings (SSSR count). The van der Waals surface area contributed by atoms with Gasteiger partial charge >= 0.3 is 5.97 Å². The number of hydrogen-bond acceptors (Lipinski definition) is 3. The van der Waals surface area contributed by atoms with Crippen LogP contribution in [0.1, 0.15) is 59.8 Å². The Balaban J connectivity index is 4.52. The molecule has 0 aliphatic carbocycles. The third-order valence-electron chi connectivity index (χ3n) is 3.06. The van der Waals surface area contributed by atoms with Crippen molar-refractivity contribution in [3.63, 3.8) is 0 Å². The molecule has 15 heavy (non-hydrogen) atoms. The van der Waals surface area contributed by atoms with Crippen molar-refractivity contribution in [2.24, 2.45) is 11.3 Å². The zero-order valence-corrected chi connectivity index (χ0v) is 10.4. The van der Waals surface area contributed by atoms with Gasteiger partial charge in [0.1, 0.15) is 0 Å². The lowest BCUT2D eigenvalue weighted by atomic mass is 9.73. The van der Waals surface area contributed by atoms with Gasteiger partial charge in [-0.25, -0.2) is 4.79 Å². The first kappa shape index (κ1) is 14.4. The molecule has 3 heteroatoms. The maximum Gasteiger partial charge on any atom is 0.345 e. The Morgan fingerprint density at radius 2 is 1.93 bits per heavy atom. The highest BCUT2D eigenvalue weighted by atomic mass is 17.1. The van der Waals surface area contributed by atoms with E-state index in [-0.39, 0.29) is 11.3 Å². The second kappa shape index (κ2) is 6.83. The highest BCUT2D eigenvalue weighted by Crippen LogP contribution is 2.36. The van der Waals surface area contributed by atoms with Gasteiger partial charge in [-0.2, -0.15) is 5.26 Å². The van der Waals surface area contributed by atoms with Gasteiger partial charge in [-0.15, -0.1) is 0 Å². The fourth-order valence-corrected chi connectivity index (χ4v) is 2.12. The molecule has 1 N–H and O–H groups in total. The molecule has 0 spiro atoms. The fraction of sp³-hybridized carbons (Fsp3) is 0.917. The van der Waals surface area contributed by atoms with Crippen molar-refractivity contribution in [3.8, 4) is 0 Å². The Kier molecular flexibility index (Phi) is 6.57. The summed E-state index contributed by atoms with van der Waals surface area (Å²) in [6, 6.07) is 0. The summed E-state index contributed by atoms with van der Waals surface area (Å²) < 4.78 is 0. The number of carbonyl (C=O) groups is 1. The summed E-state index contributed by atoms with van der Waals surface area (Å²) in [5, 5.41) is 8.49. The Labute approximate surface area is 92.8 Å². The lowest BCUT2D eigenvalue weighted by Crippen LogP contribution is -2.32. The molecule has 0 fully saturated rings. The summed E-state index contributed by atoms with van der Waals surface area (Å²) in [4.78, 5) is 15.4. The van der Waals surface area contributed by atoms with E-state index in [9.17, 15) is 4.79 Å². The van der Waals surface area contributed by atoms with E-state index in [0.717, 1.165) is 32.1 Å². The van der Waals surface area contributed by atoms with Gasteiger partial charge in [0.05, 0.1) is 5.92 Å². The van der Waals surface area contributed by atoms with Crippen LogP contribution in [0.3, 0.4) is 0 Å². The third kappa shape index (κ3) is 4.65. The smallest absolute Gasteiger partial charge is 0.301 e. The van der Waals surface area contributed by atoms with Crippen LogP contribution in [0.5, 0.6) is 0 Å². The van der Waals surface area contributed by atoms with Gasteiger partial charge in [-0.05, 0) is 18.3 Å². The van der Waals surface area contributed by atoms with Gasteiger partial charge < -0.3 is 4.89 Å². The van der Waals surface area contributed by atoms with E-state index in [1.54, 1.807) is 0 Å². The predicted octanol–water partition coefficient (Wildman–Crippen LogP) is 3.64.